The summed E-state index contributed by atoms with van der Waals surface area (Å²) in [7, 11) is 0. The molecule has 0 atom stereocenters. The predicted octanol–water partition coefficient (Wildman–Crippen LogP) is 4.78. The van der Waals surface area contributed by atoms with E-state index in [0.29, 0.717) is 5.56 Å². The highest BCUT2D eigenvalue weighted by atomic mass is 79.9. The van der Waals surface area contributed by atoms with Crippen LogP contribution in [0.1, 0.15) is 27.0 Å². The molecule has 0 saturated heterocycles. The molecule has 0 unspecified atom stereocenters. The van der Waals surface area contributed by atoms with Crippen LogP contribution >= 0.6 is 15.9 Å². The minimum Gasteiger partial charge on any atom is -0.360 e. The smallest absolute Gasteiger partial charge is 0.195 e. The minimum absolute atomic E-state index is 0.0596. The van der Waals surface area contributed by atoms with Crippen molar-refractivity contribution in [3.8, 4) is 0 Å². The van der Waals surface area contributed by atoms with Crippen LogP contribution in [0, 0.1) is 13.8 Å². The number of aryl methyl sites for hydroxylation is 2. The molecule has 0 aliphatic rings. The third-order valence-corrected chi connectivity index (χ3v) is 4.20. The number of hydrogen-bond donors (Lipinski definition) is 1. The van der Waals surface area contributed by atoms with E-state index in [0.717, 1.165) is 32.1 Å². The second kappa shape index (κ2) is 4.91. The molecule has 1 heterocycles. The number of H-pyrrole nitrogens is 1. The Morgan fingerprint density at radius 1 is 1.10 bits per heavy atom. The quantitative estimate of drug-likeness (QED) is 0.675. The molecule has 0 fully saturated rings. The number of ketones is 1. The molecule has 3 aromatic rings. The van der Waals surface area contributed by atoms with Gasteiger partial charge in [-0.1, -0.05) is 39.7 Å². The lowest BCUT2D eigenvalue weighted by atomic mass is 9.97. The standard InChI is InChI=1S/C17H14BrNO/c1-10-6-7-11(2)12(8-10)17(20)13-9-19-15-5-3-4-14(18)16(13)15/h3-9,19H,1-2H3. The van der Waals surface area contributed by atoms with Gasteiger partial charge in [-0.15, -0.1) is 0 Å². The fourth-order valence-corrected chi connectivity index (χ4v) is 3.02. The van der Waals surface area contributed by atoms with Crippen LogP contribution in [0.5, 0.6) is 0 Å². The zero-order valence-electron chi connectivity index (χ0n) is 11.3. The van der Waals surface area contributed by atoms with Crippen molar-refractivity contribution < 1.29 is 4.79 Å². The van der Waals surface area contributed by atoms with Crippen molar-refractivity contribution in [2.75, 3.05) is 0 Å². The number of nitrogens with one attached hydrogen (secondary N) is 1. The molecule has 2 nitrogen and oxygen atoms in total. The number of benzene rings is 2. The maximum atomic E-state index is 12.8. The normalized spacial score (nSPS) is 10.9. The molecular formula is C17H14BrNO. The van der Waals surface area contributed by atoms with Crippen molar-refractivity contribution in [1.29, 1.82) is 0 Å². The van der Waals surface area contributed by atoms with Crippen molar-refractivity contribution in [3.63, 3.8) is 0 Å². The average Bonchev–Trinajstić information content (AvgIpc) is 2.86. The lowest BCUT2D eigenvalue weighted by molar-refractivity contribution is 0.103. The van der Waals surface area contributed by atoms with Gasteiger partial charge in [0.1, 0.15) is 0 Å². The third-order valence-electron chi connectivity index (χ3n) is 3.54. The number of halogens is 1. The summed E-state index contributed by atoms with van der Waals surface area (Å²) in [6.45, 7) is 3.97. The van der Waals surface area contributed by atoms with E-state index in [1.807, 2.05) is 50.2 Å². The Hall–Kier alpha value is -1.87. The summed E-state index contributed by atoms with van der Waals surface area (Å²) in [4.78, 5) is 16.0. The highest BCUT2D eigenvalue weighted by molar-refractivity contribution is 9.10. The molecule has 0 radical (unpaired) electrons. The van der Waals surface area contributed by atoms with Gasteiger partial charge in [0.05, 0.1) is 0 Å². The van der Waals surface area contributed by atoms with Gasteiger partial charge in [0.2, 0.25) is 0 Å². The maximum Gasteiger partial charge on any atom is 0.195 e. The third kappa shape index (κ3) is 2.08. The zero-order valence-corrected chi connectivity index (χ0v) is 12.9. The molecular weight excluding hydrogens is 314 g/mol. The molecule has 20 heavy (non-hydrogen) atoms. The Bertz CT molecular complexity index is 817. The molecule has 0 aliphatic carbocycles. The molecule has 0 bridgehead atoms. The van der Waals surface area contributed by atoms with Crippen LogP contribution in [0.4, 0.5) is 0 Å². The summed E-state index contributed by atoms with van der Waals surface area (Å²) >= 11 is 3.53. The number of aromatic amines is 1. The van der Waals surface area contributed by atoms with E-state index in [1.54, 1.807) is 6.20 Å². The summed E-state index contributed by atoms with van der Waals surface area (Å²) in [5.74, 6) is 0.0596. The number of rotatable bonds is 2. The molecule has 3 rings (SSSR count). The Labute approximate surface area is 126 Å². The van der Waals surface area contributed by atoms with E-state index in [1.165, 1.54) is 0 Å². The van der Waals surface area contributed by atoms with Gasteiger partial charge < -0.3 is 4.98 Å². The van der Waals surface area contributed by atoms with Gasteiger partial charge in [0.15, 0.2) is 5.78 Å². The van der Waals surface area contributed by atoms with Crippen molar-refractivity contribution >= 4 is 32.6 Å². The van der Waals surface area contributed by atoms with Crippen molar-refractivity contribution in [1.82, 2.24) is 4.98 Å². The fraction of sp³-hybridized carbons (Fsp3) is 0.118. The summed E-state index contributed by atoms with van der Waals surface area (Å²) in [5.41, 5.74) is 4.54. The lowest BCUT2D eigenvalue weighted by Crippen LogP contribution is -2.03. The summed E-state index contributed by atoms with van der Waals surface area (Å²) in [5, 5.41) is 0.943. The molecule has 3 heteroatoms. The number of fused-ring (bicyclic) bond motifs is 1. The molecule has 0 saturated carbocycles. The van der Waals surface area contributed by atoms with Crippen LogP contribution < -0.4 is 0 Å². The first-order valence-corrected chi connectivity index (χ1v) is 7.25. The monoisotopic (exact) mass is 327 g/mol. The van der Waals surface area contributed by atoms with Gasteiger partial charge in [0, 0.05) is 32.7 Å². The predicted molar refractivity (Wildman–Crippen MR) is 85.3 cm³/mol. The Balaban J connectivity index is 2.21. The number of aromatic nitrogens is 1. The van der Waals surface area contributed by atoms with Crippen LogP contribution in [0.25, 0.3) is 10.9 Å². The minimum atomic E-state index is 0.0596. The summed E-state index contributed by atoms with van der Waals surface area (Å²) < 4.78 is 0.935. The van der Waals surface area contributed by atoms with Gasteiger partial charge in [-0.25, -0.2) is 0 Å². The van der Waals surface area contributed by atoms with E-state index in [4.69, 9.17) is 0 Å². The number of carbonyl (C=O) groups is 1. The van der Waals surface area contributed by atoms with E-state index >= 15 is 0 Å². The van der Waals surface area contributed by atoms with Crippen LogP contribution in [0.3, 0.4) is 0 Å². The number of hydrogen-bond acceptors (Lipinski definition) is 1. The second-order valence-corrected chi connectivity index (χ2v) is 5.87. The summed E-state index contributed by atoms with van der Waals surface area (Å²) in [6.07, 6.45) is 1.79. The van der Waals surface area contributed by atoms with Gasteiger partial charge in [0.25, 0.3) is 0 Å². The van der Waals surface area contributed by atoms with Crippen LogP contribution in [-0.2, 0) is 0 Å². The molecule has 1 N–H and O–H groups in total. The molecule has 0 amide bonds. The molecule has 2 aromatic carbocycles. The Kier molecular flexibility index (Phi) is 3.22. The molecule has 0 aliphatic heterocycles. The molecule has 0 spiro atoms. The Morgan fingerprint density at radius 2 is 1.90 bits per heavy atom. The average molecular weight is 328 g/mol. The maximum absolute atomic E-state index is 12.8. The number of carbonyl (C=O) groups excluding carboxylic acids is 1. The Morgan fingerprint density at radius 3 is 2.70 bits per heavy atom. The van der Waals surface area contributed by atoms with E-state index in [2.05, 4.69) is 20.9 Å². The van der Waals surface area contributed by atoms with E-state index < -0.39 is 0 Å². The van der Waals surface area contributed by atoms with Gasteiger partial charge in [-0.05, 0) is 37.6 Å². The summed E-state index contributed by atoms with van der Waals surface area (Å²) in [6, 6.07) is 11.8. The van der Waals surface area contributed by atoms with Crippen molar-refractivity contribution in [3.05, 3.63) is 69.3 Å². The SMILES string of the molecule is Cc1ccc(C)c(C(=O)c2c[nH]c3cccc(Br)c23)c1. The van der Waals surface area contributed by atoms with Crippen molar-refractivity contribution in [2.24, 2.45) is 0 Å². The van der Waals surface area contributed by atoms with Gasteiger partial charge in [-0.2, -0.15) is 0 Å². The highest BCUT2D eigenvalue weighted by Crippen LogP contribution is 2.29. The largest absolute Gasteiger partial charge is 0.360 e. The first kappa shape index (κ1) is 13.1. The van der Waals surface area contributed by atoms with Crippen molar-refractivity contribution in [2.45, 2.75) is 13.8 Å². The van der Waals surface area contributed by atoms with Crippen LogP contribution in [0.15, 0.2) is 47.1 Å². The highest BCUT2D eigenvalue weighted by Gasteiger charge is 2.17. The van der Waals surface area contributed by atoms with Crippen LogP contribution in [-0.4, -0.2) is 10.8 Å². The lowest BCUT2D eigenvalue weighted by Gasteiger charge is -2.06. The molecule has 100 valence electrons. The fourth-order valence-electron chi connectivity index (χ4n) is 2.44. The molecule has 1 aromatic heterocycles. The van der Waals surface area contributed by atoms with Gasteiger partial charge in [-0.3, -0.25) is 4.79 Å². The second-order valence-electron chi connectivity index (χ2n) is 5.01. The van der Waals surface area contributed by atoms with E-state index in [-0.39, 0.29) is 5.78 Å². The van der Waals surface area contributed by atoms with Gasteiger partial charge >= 0.3 is 0 Å². The zero-order chi connectivity index (χ0) is 14.3. The topological polar surface area (TPSA) is 32.9 Å². The first-order chi connectivity index (χ1) is 9.58. The first-order valence-electron chi connectivity index (χ1n) is 6.45. The van der Waals surface area contributed by atoms with Crippen LogP contribution in [0.2, 0.25) is 0 Å². The van der Waals surface area contributed by atoms with E-state index in [9.17, 15) is 4.79 Å².